The monoisotopic (exact) mass is 339 g/mol. The highest BCUT2D eigenvalue weighted by molar-refractivity contribution is 6.30. The molecule has 2 N–H and O–H groups in total. The zero-order valence-corrected chi connectivity index (χ0v) is 13.0. The molecule has 1 aromatic rings. The minimum absolute atomic E-state index is 0.0223. The van der Waals surface area contributed by atoms with E-state index in [1.54, 1.807) is 5.32 Å². The summed E-state index contributed by atoms with van der Waals surface area (Å²) in [5, 5.41) is 11.2. The summed E-state index contributed by atoms with van der Waals surface area (Å²) in [5.41, 5.74) is -1.24. The molecule has 1 unspecified atom stereocenters. The second-order valence-corrected chi connectivity index (χ2v) is 6.06. The summed E-state index contributed by atoms with van der Waals surface area (Å²) in [6, 6.07) is 1.28. The molecule has 0 aliphatic rings. The van der Waals surface area contributed by atoms with Gasteiger partial charge in [-0.1, -0.05) is 17.7 Å². The largest absolute Gasteiger partial charge is 0.444 e. The number of aliphatic hydroxyl groups is 1. The molecule has 1 rings (SSSR count). The highest BCUT2D eigenvalue weighted by atomic mass is 35.5. The molecule has 0 bridgehead atoms. The minimum Gasteiger partial charge on any atom is -0.444 e. The summed E-state index contributed by atoms with van der Waals surface area (Å²) < 4.78 is 44.5. The Morgan fingerprint density at radius 3 is 2.41 bits per heavy atom. The Hall–Kier alpha value is -1.47. The van der Waals surface area contributed by atoms with Crippen molar-refractivity contribution in [3.8, 4) is 0 Å². The number of carbonyl (C=O) groups is 1. The van der Waals surface area contributed by atoms with E-state index < -0.39 is 30.5 Å². The Bertz CT molecular complexity index is 541. The Morgan fingerprint density at radius 2 is 1.95 bits per heavy atom. The molecule has 0 aliphatic carbocycles. The van der Waals surface area contributed by atoms with Crippen LogP contribution < -0.4 is 5.32 Å². The van der Waals surface area contributed by atoms with Gasteiger partial charge >= 0.3 is 12.3 Å². The lowest BCUT2D eigenvalue weighted by atomic mass is 10.0. The number of aliphatic hydroxyl groups excluding tert-OH is 1. The predicted molar refractivity (Wildman–Crippen MR) is 75.5 cm³/mol. The fourth-order valence-corrected chi connectivity index (χ4v) is 1.95. The van der Waals surface area contributed by atoms with Crippen molar-refractivity contribution in [1.82, 2.24) is 5.32 Å². The molecule has 0 radical (unpaired) electrons. The highest BCUT2D eigenvalue weighted by Crippen LogP contribution is 2.35. The number of nitrogens with one attached hydrogen (secondary N) is 1. The average molecular weight is 340 g/mol. The molecular formula is C14H17ClF3NO3. The van der Waals surface area contributed by atoms with Gasteiger partial charge in [0.25, 0.3) is 0 Å². The summed E-state index contributed by atoms with van der Waals surface area (Å²) in [4.78, 5) is 11.6. The fourth-order valence-electron chi connectivity index (χ4n) is 1.75. The van der Waals surface area contributed by atoms with Crippen molar-refractivity contribution in [3.05, 3.63) is 34.3 Å². The van der Waals surface area contributed by atoms with E-state index in [9.17, 15) is 23.1 Å². The normalized spacial score (nSPS) is 13.6. The van der Waals surface area contributed by atoms with Gasteiger partial charge in [-0.2, -0.15) is 13.2 Å². The summed E-state index contributed by atoms with van der Waals surface area (Å²) >= 11 is 5.70. The number of halogens is 4. The topological polar surface area (TPSA) is 58.6 Å². The van der Waals surface area contributed by atoms with Gasteiger partial charge in [0, 0.05) is 5.02 Å². The van der Waals surface area contributed by atoms with Gasteiger partial charge in [-0.05, 0) is 44.0 Å². The van der Waals surface area contributed by atoms with Crippen LogP contribution in [0.1, 0.15) is 37.9 Å². The zero-order valence-electron chi connectivity index (χ0n) is 12.3. The number of carbonyl (C=O) groups excluding carboxylic acids is 1. The average Bonchev–Trinajstić information content (AvgIpc) is 2.32. The van der Waals surface area contributed by atoms with Crippen LogP contribution in [0.2, 0.25) is 5.02 Å². The Balaban J connectivity index is 3.13. The zero-order chi connectivity index (χ0) is 17.1. The second kappa shape index (κ2) is 6.75. The number of alkyl halides is 3. The molecule has 0 aromatic heterocycles. The van der Waals surface area contributed by atoms with Gasteiger partial charge in [-0.3, -0.25) is 0 Å². The molecule has 0 aliphatic heterocycles. The first kappa shape index (κ1) is 18.6. The summed E-state index contributed by atoms with van der Waals surface area (Å²) in [6.07, 6.45) is -5.96. The van der Waals surface area contributed by atoms with Crippen LogP contribution in [-0.4, -0.2) is 23.0 Å². The predicted octanol–water partition coefficient (Wildman–Crippen LogP) is 3.96. The van der Waals surface area contributed by atoms with Gasteiger partial charge in [0.15, 0.2) is 6.04 Å². The smallest absolute Gasteiger partial charge is 0.412 e. The Kier molecular flexibility index (Phi) is 5.70. The quantitative estimate of drug-likeness (QED) is 0.876. The molecule has 0 saturated carbocycles. The molecule has 0 heterocycles. The maximum atomic E-state index is 13.2. The summed E-state index contributed by atoms with van der Waals surface area (Å²) in [6.45, 7) is 3.97. The maximum absolute atomic E-state index is 13.2. The van der Waals surface area contributed by atoms with Crippen LogP contribution in [0.3, 0.4) is 0 Å². The number of hydrogen-bond acceptors (Lipinski definition) is 3. The number of ether oxygens (including phenoxy) is 1. The number of hydrogen-bond donors (Lipinski definition) is 2. The Morgan fingerprint density at radius 1 is 1.36 bits per heavy atom. The molecule has 22 heavy (non-hydrogen) atoms. The second-order valence-electron chi connectivity index (χ2n) is 5.62. The maximum Gasteiger partial charge on any atom is 0.412 e. The van der Waals surface area contributed by atoms with E-state index in [4.69, 9.17) is 16.3 Å². The van der Waals surface area contributed by atoms with Gasteiger partial charge in [-0.25, -0.2) is 4.79 Å². The molecule has 124 valence electrons. The number of alkyl carbamates (subject to hydrolysis) is 1. The third-order valence-corrected chi connectivity index (χ3v) is 2.81. The first-order valence-electron chi connectivity index (χ1n) is 6.39. The number of benzene rings is 1. The fraction of sp³-hybridized carbons (Fsp3) is 0.500. The van der Waals surface area contributed by atoms with E-state index in [1.807, 2.05) is 0 Å². The van der Waals surface area contributed by atoms with Crippen molar-refractivity contribution in [3.63, 3.8) is 0 Å². The van der Waals surface area contributed by atoms with Crippen molar-refractivity contribution in [2.75, 3.05) is 0 Å². The molecule has 1 atom stereocenters. The first-order valence-corrected chi connectivity index (χ1v) is 6.77. The van der Waals surface area contributed by atoms with Gasteiger partial charge in [-0.15, -0.1) is 0 Å². The van der Waals surface area contributed by atoms with Crippen LogP contribution in [0, 0.1) is 0 Å². The van der Waals surface area contributed by atoms with Crippen LogP contribution >= 0.6 is 11.6 Å². The third kappa shape index (κ3) is 5.38. The molecule has 1 amide bonds. The van der Waals surface area contributed by atoms with E-state index in [2.05, 4.69) is 0 Å². The van der Waals surface area contributed by atoms with Crippen LogP contribution in [-0.2, 0) is 11.3 Å². The summed E-state index contributed by atoms with van der Waals surface area (Å²) in [7, 11) is 0. The lowest BCUT2D eigenvalue weighted by Gasteiger charge is -2.26. The van der Waals surface area contributed by atoms with Crippen LogP contribution in [0.4, 0.5) is 18.0 Å². The SMILES string of the molecule is CC(C)(C)OC(=O)NC(c1ccc(Cl)cc1CO)C(F)(F)F. The van der Waals surface area contributed by atoms with Gasteiger partial charge in [0.1, 0.15) is 5.60 Å². The molecule has 4 nitrogen and oxygen atoms in total. The first-order chi connectivity index (χ1) is 9.94. The van der Waals surface area contributed by atoms with Crippen molar-refractivity contribution in [2.45, 2.75) is 45.2 Å². The molecule has 0 fully saturated rings. The van der Waals surface area contributed by atoms with Gasteiger partial charge < -0.3 is 15.2 Å². The molecule has 0 spiro atoms. The van der Waals surface area contributed by atoms with Gasteiger partial charge in [0.05, 0.1) is 6.61 Å². The van der Waals surface area contributed by atoms with E-state index in [0.717, 1.165) is 6.07 Å². The molecule has 0 saturated heterocycles. The van der Waals surface area contributed by atoms with Crippen LogP contribution in [0.25, 0.3) is 0 Å². The van der Waals surface area contributed by atoms with Crippen molar-refractivity contribution in [2.24, 2.45) is 0 Å². The van der Waals surface area contributed by atoms with Crippen LogP contribution in [0.5, 0.6) is 0 Å². The summed E-state index contributed by atoms with van der Waals surface area (Å²) in [5.74, 6) is 0. The van der Waals surface area contributed by atoms with Gasteiger partial charge in [0.2, 0.25) is 0 Å². The molecule has 1 aromatic carbocycles. The van der Waals surface area contributed by atoms with E-state index in [1.165, 1.54) is 32.9 Å². The number of amides is 1. The van der Waals surface area contributed by atoms with E-state index >= 15 is 0 Å². The van der Waals surface area contributed by atoms with Crippen molar-refractivity contribution >= 4 is 17.7 Å². The third-order valence-electron chi connectivity index (χ3n) is 2.57. The standard InChI is InChI=1S/C14H17ClF3NO3/c1-13(2,3)22-12(21)19-11(14(16,17)18)10-5-4-9(15)6-8(10)7-20/h4-6,11,20H,7H2,1-3H3,(H,19,21). The molecule has 8 heteroatoms. The number of rotatable bonds is 3. The van der Waals surface area contributed by atoms with Crippen molar-refractivity contribution in [1.29, 1.82) is 0 Å². The lowest BCUT2D eigenvalue weighted by molar-refractivity contribution is -0.157. The highest BCUT2D eigenvalue weighted by Gasteiger charge is 2.43. The Labute approximate surface area is 131 Å². The molecular weight excluding hydrogens is 323 g/mol. The van der Waals surface area contributed by atoms with Crippen LogP contribution in [0.15, 0.2) is 18.2 Å². The van der Waals surface area contributed by atoms with E-state index in [-0.39, 0.29) is 16.1 Å². The minimum atomic E-state index is -4.76. The van der Waals surface area contributed by atoms with Crippen molar-refractivity contribution < 1.29 is 27.8 Å². The van der Waals surface area contributed by atoms with E-state index in [0.29, 0.717) is 0 Å². The lowest BCUT2D eigenvalue weighted by Crippen LogP contribution is -2.41.